The largest absolute Gasteiger partial charge is 0.463 e. The molecule has 3 rings (SSSR count). The molecule has 2 aromatic carbocycles. The number of carbonyl (C=O) groups excluding carboxylic acids is 2. The molecule has 0 atom stereocenters. The van der Waals surface area contributed by atoms with Gasteiger partial charge in [0.15, 0.2) is 0 Å². The molecule has 0 unspecified atom stereocenters. The number of hydrogen-bond acceptors (Lipinski definition) is 5. The number of halogens is 3. The van der Waals surface area contributed by atoms with E-state index in [4.69, 9.17) is 9.47 Å². The van der Waals surface area contributed by atoms with E-state index in [2.05, 4.69) is 13.2 Å². The van der Waals surface area contributed by atoms with Crippen molar-refractivity contribution in [1.82, 2.24) is 0 Å². The molecule has 4 nitrogen and oxygen atoms in total. The van der Waals surface area contributed by atoms with Gasteiger partial charge in [-0.1, -0.05) is 25.3 Å². The van der Waals surface area contributed by atoms with Gasteiger partial charge in [0.05, 0.1) is 12.2 Å². The molecule has 1 heterocycles. The van der Waals surface area contributed by atoms with Crippen LogP contribution in [0.25, 0.3) is 20.2 Å². The fourth-order valence-corrected chi connectivity index (χ4v) is 4.42. The second-order valence-electron chi connectivity index (χ2n) is 6.33. The summed E-state index contributed by atoms with van der Waals surface area (Å²) in [5, 5.41) is 1.12. The number of hydrogen-bond donors (Lipinski definition) is 0. The van der Waals surface area contributed by atoms with E-state index in [9.17, 15) is 22.8 Å². The Morgan fingerprint density at radius 3 is 2.40 bits per heavy atom. The number of esters is 2. The van der Waals surface area contributed by atoms with Crippen LogP contribution in [0, 0.1) is 0 Å². The van der Waals surface area contributed by atoms with Crippen LogP contribution in [0.3, 0.4) is 0 Å². The molecule has 30 heavy (non-hydrogen) atoms. The summed E-state index contributed by atoms with van der Waals surface area (Å²) in [6, 6.07) is 7.82. The number of thiophene rings is 1. The SMILES string of the molecule is C=CC(=O)OCCCc1ccc2c(sc3cc(OC(=O)C=C)ccc32)c1C(F)(F)F. The third-order valence-electron chi connectivity index (χ3n) is 4.37. The van der Waals surface area contributed by atoms with Crippen LogP contribution in [0.5, 0.6) is 5.75 Å². The highest BCUT2D eigenvalue weighted by atomic mass is 32.1. The first-order chi connectivity index (χ1) is 14.2. The van der Waals surface area contributed by atoms with E-state index in [1.807, 2.05) is 0 Å². The minimum absolute atomic E-state index is 0.00460. The van der Waals surface area contributed by atoms with Crippen molar-refractivity contribution in [3.8, 4) is 5.75 Å². The van der Waals surface area contributed by atoms with Crippen molar-refractivity contribution >= 4 is 43.4 Å². The smallest absolute Gasteiger partial charge is 0.418 e. The first kappa shape index (κ1) is 21.6. The van der Waals surface area contributed by atoms with E-state index >= 15 is 0 Å². The molecule has 0 aliphatic heterocycles. The Hall–Kier alpha value is -3.13. The van der Waals surface area contributed by atoms with Gasteiger partial charge in [-0.25, -0.2) is 9.59 Å². The molecular formula is C22H17F3O4S. The predicted octanol–water partition coefficient (Wildman–Crippen LogP) is 5.83. The standard InChI is InChI=1S/C22H17F3O4S/c1-3-18(26)28-11-5-6-13-7-9-16-15-10-8-14(29-19(27)4-2)12-17(15)30-21(16)20(13)22(23,24)25/h3-4,7-10,12H,1-2,5-6,11H2. The molecule has 0 bridgehead atoms. The van der Waals surface area contributed by atoms with Gasteiger partial charge in [0.25, 0.3) is 0 Å². The Morgan fingerprint density at radius 2 is 1.73 bits per heavy atom. The second-order valence-corrected chi connectivity index (χ2v) is 7.39. The molecule has 3 aromatic rings. The lowest BCUT2D eigenvalue weighted by Crippen LogP contribution is -2.10. The van der Waals surface area contributed by atoms with Gasteiger partial charge in [0, 0.05) is 32.3 Å². The van der Waals surface area contributed by atoms with Crippen LogP contribution < -0.4 is 4.74 Å². The van der Waals surface area contributed by atoms with Crippen molar-refractivity contribution in [3.05, 3.63) is 66.8 Å². The fraction of sp³-hybridized carbons (Fsp3) is 0.182. The summed E-state index contributed by atoms with van der Waals surface area (Å²) < 4.78 is 52.4. The minimum Gasteiger partial charge on any atom is -0.463 e. The first-order valence-corrected chi connectivity index (χ1v) is 9.75. The molecule has 0 spiro atoms. The zero-order valence-electron chi connectivity index (χ0n) is 15.8. The van der Waals surface area contributed by atoms with Crippen LogP contribution in [-0.2, 0) is 26.9 Å². The third-order valence-corrected chi connectivity index (χ3v) is 5.56. The van der Waals surface area contributed by atoms with E-state index in [0.29, 0.717) is 15.5 Å². The molecule has 0 fully saturated rings. The highest BCUT2D eigenvalue weighted by Crippen LogP contribution is 2.45. The highest BCUT2D eigenvalue weighted by Gasteiger charge is 2.36. The Morgan fingerprint density at radius 1 is 1.03 bits per heavy atom. The number of benzene rings is 2. The molecule has 8 heteroatoms. The van der Waals surface area contributed by atoms with Crippen molar-refractivity contribution in [3.63, 3.8) is 0 Å². The summed E-state index contributed by atoms with van der Waals surface area (Å²) in [6.45, 7) is 6.59. The maximum atomic E-state index is 13.9. The van der Waals surface area contributed by atoms with E-state index < -0.39 is 23.7 Å². The van der Waals surface area contributed by atoms with Crippen LogP contribution in [0.2, 0.25) is 0 Å². The van der Waals surface area contributed by atoms with Gasteiger partial charge in [0.2, 0.25) is 0 Å². The van der Waals surface area contributed by atoms with Crippen LogP contribution in [0.4, 0.5) is 13.2 Å². The summed E-state index contributed by atoms with van der Waals surface area (Å²) in [7, 11) is 0. The van der Waals surface area contributed by atoms with Gasteiger partial charge in [-0.3, -0.25) is 0 Å². The van der Waals surface area contributed by atoms with Crippen LogP contribution in [-0.4, -0.2) is 18.5 Å². The molecule has 0 N–H and O–H groups in total. The number of alkyl halides is 3. The topological polar surface area (TPSA) is 52.6 Å². The summed E-state index contributed by atoms with van der Waals surface area (Å²) in [4.78, 5) is 22.5. The summed E-state index contributed by atoms with van der Waals surface area (Å²) in [6.07, 6.45) is -2.18. The van der Waals surface area contributed by atoms with E-state index in [0.717, 1.165) is 23.5 Å². The summed E-state index contributed by atoms with van der Waals surface area (Å²) >= 11 is 0.990. The number of aryl methyl sites for hydroxylation is 1. The van der Waals surface area contributed by atoms with Gasteiger partial charge in [-0.05, 0) is 36.6 Å². The van der Waals surface area contributed by atoms with E-state index in [1.165, 1.54) is 18.2 Å². The van der Waals surface area contributed by atoms with Crippen molar-refractivity contribution in [2.75, 3.05) is 6.61 Å². The number of ether oxygens (including phenoxy) is 2. The monoisotopic (exact) mass is 434 g/mol. The highest BCUT2D eigenvalue weighted by molar-refractivity contribution is 7.26. The van der Waals surface area contributed by atoms with Crippen LogP contribution >= 0.6 is 11.3 Å². The van der Waals surface area contributed by atoms with Crippen molar-refractivity contribution in [1.29, 1.82) is 0 Å². The molecule has 0 saturated carbocycles. The number of rotatable bonds is 7. The van der Waals surface area contributed by atoms with Crippen LogP contribution in [0.15, 0.2) is 55.6 Å². The minimum atomic E-state index is -4.55. The average Bonchev–Trinajstić information content (AvgIpc) is 3.06. The summed E-state index contributed by atoms with van der Waals surface area (Å²) in [5.41, 5.74) is -0.560. The van der Waals surface area contributed by atoms with E-state index in [-0.39, 0.29) is 35.5 Å². The van der Waals surface area contributed by atoms with Gasteiger partial charge >= 0.3 is 18.1 Å². The van der Waals surface area contributed by atoms with Crippen LogP contribution in [0.1, 0.15) is 17.5 Å². The normalized spacial score (nSPS) is 11.4. The predicted molar refractivity (Wildman–Crippen MR) is 110 cm³/mol. The Kier molecular flexibility index (Phi) is 6.26. The molecule has 0 saturated heterocycles. The number of fused-ring (bicyclic) bond motifs is 3. The lowest BCUT2D eigenvalue weighted by molar-refractivity contribution is -0.139. The first-order valence-electron chi connectivity index (χ1n) is 8.93. The Bertz CT molecular complexity index is 1140. The maximum absolute atomic E-state index is 13.9. The summed E-state index contributed by atoms with van der Waals surface area (Å²) in [5.74, 6) is -1.03. The van der Waals surface area contributed by atoms with Gasteiger partial charge < -0.3 is 9.47 Å². The molecular weight excluding hydrogens is 417 g/mol. The van der Waals surface area contributed by atoms with Crippen molar-refractivity contribution in [2.24, 2.45) is 0 Å². The molecule has 0 aliphatic rings. The Balaban J connectivity index is 2.01. The van der Waals surface area contributed by atoms with Gasteiger partial charge in [-0.2, -0.15) is 13.2 Å². The quantitative estimate of drug-likeness (QED) is 0.203. The lowest BCUT2D eigenvalue weighted by Gasteiger charge is -2.14. The molecule has 1 aromatic heterocycles. The van der Waals surface area contributed by atoms with Gasteiger partial charge in [0.1, 0.15) is 5.75 Å². The van der Waals surface area contributed by atoms with Crippen molar-refractivity contribution < 1.29 is 32.2 Å². The Labute approximate surface area is 174 Å². The molecule has 0 radical (unpaired) electrons. The zero-order chi connectivity index (χ0) is 21.9. The maximum Gasteiger partial charge on any atom is 0.418 e. The molecule has 156 valence electrons. The zero-order valence-corrected chi connectivity index (χ0v) is 16.6. The third kappa shape index (κ3) is 4.54. The average molecular weight is 434 g/mol. The lowest BCUT2D eigenvalue weighted by atomic mass is 9.99. The fourth-order valence-electron chi connectivity index (χ4n) is 3.10. The number of carbonyl (C=O) groups is 2. The second kappa shape index (κ2) is 8.71. The molecule has 0 amide bonds. The van der Waals surface area contributed by atoms with Crippen molar-refractivity contribution in [2.45, 2.75) is 19.0 Å². The molecule has 0 aliphatic carbocycles. The van der Waals surface area contributed by atoms with E-state index in [1.54, 1.807) is 12.1 Å². The van der Waals surface area contributed by atoms with Gasteiger partial charge in [-0.15, -0.1) is 11.3 Å².